The van der Waals surface area contributed by atoms with E-state index in [0.717, 1.165) is 12.8 Å². The zero-order chi connectivity index (χ0) is 5.98. The molecule has 0 aromatic heterocycles. The molecule has 1 radical (unpaired) electrons. The summed E-state index contributed by atoms with van der Waals surface area (Å²) in [4.78, 5) is 0. The smallest absolute Gasteiger partial charge is 0.103 e. The van der Waals surface area contributed by atoms with Crippen LogP contribution in [0.5, 0.6) is 0 Å². The number of rotatable bonds is 0. The molecule has 1 aliphatic rings. The van der Waals surface area contributed by atoms with Gasteiger partial charge in [-0.25, -0.2) is 4.39 Å². The highest BCUT2D eigenvalue weighted by molar-refractivity contribution is 4.81. The monoisotopic (exact) mass is 115 g/mol. The van der Waals surface area contributed by atoms with Crippen LogP contribution in [0.4, 0.5) is 4.39 Å². The zero-order valence-corrected chi connectivity index (χ0v) is 5.23. The fourth-order valence-electron chi connectivity index (χ4n) is 1.07. The fourth-order valence-corrected chi connectivity index (χ4v) is 1.07. The lowest BCUT2D eigenvalue weighted by Gasteiger charge is -2.20. The van der Waals surface area contributed by atoms with E-state index in [0.29, 0.717) is 12.3 Å². The second-order valence-corrected chi connectivity index (χ2v) is 2.60. The Morgan fingerprint density at radius 2 is 2.38 bits per heavy atom. The van der Waals surface area contributed by atoms with Crippen LogP contribution in [0, 0.1) is 12.3 Å². The number of alkyl halides is 1. The van der Waals surface area contributed by atoms with Crippen molar-refractivity contribution in [3.05, 3.63) is 6.42 Å². The van der Waals surface area contributed by atoms with Crippen molar-refractivity contribution in [2.24, 2.45) is 5.92 Å². The first-order valence-corrected chi connectivity index (χ1v) is 3.26. The summed E-state index contributed by atoms with van der Waals surface area (Å²) in [5, 5.41) is 0. The standard InChI is InChI=1S/C7H12F/c1-6-4-2-3-5-7(6)8/h3,6-7H,2,4-5H2,1H3. The van der Waals surface area contributed by atoms with Gasteiger partial charge in [-0.1, -0.05) is 6.92 Å². The van der Waals surface area contributed by atoms with Crippen molar-refractivity contribution in [2.75, 3.05) is 0 Å². The van der Waals surface area contributed by atoms with Crippen LogP contribution in [0.15, 0.2) is 0 Å². The summed E-state index contributed by atoms with van der Waals surface area (Å²) in [7, 11) is 0. The first-order valence-electron chi connectivity index (χ1n) is 3.26. The molecule has 8 heavy (non-hydrogen) atoms. The van der Waals surface area contributed by atoms with Crippen LogP contribution in [0.3, 0.4) is 0 Å². The number of hydrogen-bond donors (Lipinski definition) is 0. The fraction of sp³-hybridized carbons (Fsp3) is 0.857. The van der Waals surface area contributed by atoms with Crippen molar-refractivity contribution in [2.45, 2.75) is 32.4 Å². The predicted molar refractivity (Wildman–Crippen MR) is 32.2 cm³/mol. The zero-order valence-electron chi connectivity index (χ0n) is 5.23. The lowest BCUT2D eigenvalue weighted by atomic mass is 9.89. The largest absolute Gasteiger partial charge is 0.247 e. The van der Waals surface area contributed by atoms with Crippen molar-refractivity contribution >= 4 is 0 Å². The summed E-state index contributed by atoms with van der Waals surface area (Å²) >= 11 is 0. The molecule has 1 aliphatic carbocycles. The van der Waals surface area contributed by atoms with Crippen LogP contribution in [-0.2, 0) is 0 Å². The molecule has 0 bridgehead atoms. The van der Waals surface area contributed by atoms with Gasteiger partial charge >= 0.3 is 0 Å². The maximum Gasteiger partial charge on any atom is 0.103 e. The highest BCUT2D eigenvalue weighted by Gasteiger charge is 2.19. The maximum atomic E-state index is 12.5. The Labute approximate surface area is 50.1 Å². The molecule has 0 aliphatic heterocycles. The summed E-state index contributed by atoms with van der Waals surface area (Å²) in [5.74, 6) is 0.306. The summed E-state index contributed by atoms with van der Waals surface area (Å²) < 4.78 is 12.5. The average molecular weight is 115 g/mol. The van der Waals surface area contributed by atoms with Gasteiger partial charge in [0.25, 0.3) is 0 Å². The van der Waals surface area contributed by atoms with E-state index in [1.165, 1.54) is 0 Å². The van der Waals surface area contributed by atoms with E-state index < -0.39 is 6.17 Å². The van der Waals surface area contributed by atoms with Gasteiger partial charge in [0.1, 0.15) is 6.17 Å². The summed E-state index contributed by atoms with van der Waals surface area (Å²) in [6.45, 7) is 1.98. The first-order chi connectivity index (χ1) is 3.80. The van der Waals surface area contributed by atoms with Crippen molar-refractivity contribution in [1.82, 2.24) is 0 Å². The topological polar surface area (TPSA) is 0 Å². The molecular formula is C7H12F. The molecule has 1 rings (SSSR count). The Morgan fingerprint density at radius 1 is 1.62 bits per heavy atom. The molecule has 0 amide bonds. The molecule has 47 valence electrons. The average Bonchev–Trinajstić information content (AvgIpc) is 1.77. The van der Waals surface area contributed by atoms with Gasteiger partial charge in [-0.05, 0) is 31.6 Å². The van der Waals surface area contributed by atoms with Gasteiger partial charge in [-0.2, -0.15) is 0 Å². The molecule has 0 saturated heterocycles. The van der Waals surface area contributed by atoms with E-state index in [9.17, 15) is 4.39 Å². The third-order valence-corrected chi connectivity index (χ3v) is 1.84. The van der Waals surface area contributed by atoms with Crippen molar-refractivity contribution in [3.63, 3.8) is 0 Å². The van der Waals surface area contributed by atoms with E-state index in [2.05, 4.69) is 0 Å². The summed E-state index contributed by atoms with van der Waals surface area (Å²) in [6, 6.07) is 0. The Balaban J connectivity index is 2.28. The molecule has 1 fully saturated rings. The molecule has 2 unspecified atom stereocenters. The Hall–Kier alpha value is -0.0700. The molecule has 2 atom stereocenters. The second kappa shape index (κ2) is 2.47. The van der Waals surface area contributed by atoms with Gasteiger partial charge in [0.05, 0.1) is 0 Å². The van der Waals surface area contributed by atoms with E-state index in [-0.39, 0.29) is 0 Å². The lowest BCUT2D eigenvalue weighted by Crippen LogP contribution is -2.17. The third kappa shape index (κ3) is 1.21. The molecule has 0 aromatic rings. The summed E-state index contributed by atoms with van der Waals surface area (Å²) in [6.07, 6.45) is 4.33. The van der Waals surface area contributed by atoms with E-state index in [4.69, 9.17) is 0 Å². The summed E-state index contributed by atoms with van der Waals surface area (Å²) in [5.41, 5.74) is 0. The molecule has 0 spiro atoms. The molecule has 1 saturated carbocycles. The van der Waals surface area contributed by atoms with Gasteiger partial charge < -0.3 is 0 Å². The minimum absolute atomic E-state index is 0.306. The molecule has 0 nitrogen and oxygen atoms in total. The van der Waals surface area contributed by atoms with E-state index >= 15 is 0 Å². The van der Waals surface area contributed by atoms with Crippen molar-refractivity contribution < 1.29 is 4.39 Å². The van der Waals surface area contributed by atoms with Crippen LogP contribution in [0.25, 0.3) is 0 Å². The number of hydrogen-bond acceptors (Lipinski definition) is 0. The van der Waals surface area contributed by atoms with Gasteiger partial charge in [0.2, 0.25) is 0 Å². The molecule has 0 heterocycles. The van der Waals surface area contributed by atoms with Crippen LogP contribution in [0.2, 0.25) is 0 Å². The van der Waals surface area contributed by atoms with Gasteiger partial charge in [-0.15, -0.1) is 0 Å². The third-order valence-electron chi connectivity index (χ3n) is 1.84. The second-order valence-electron chi connectivity index (χ2n) is 2.60. The molecular weight excluding hydrogens is 103 g/mol. The Kier molecular flexibility index (Phi) is 1.87. The van der Waals surface area contributed by atoms with Crippen molar-refractivity contribution in [1.29, 1.82) is 0 Å². The SMILES string of the molecule is CC1CC[CH]CC1F. The Morgan fingerprint density at radius 3 is 2.75 bits per heavy atom. The minimum Gasteiger partial charge on any atom is -0.247 e. The Bertz CT molecular complexity index is 60.8. The van der Waals surface area contributed by atoms with E-state index in [1.807, 2.05) is 13.3 Å². The van der Waals surface area contributed by atoms with Crippen LogP contribution < -0.4 is 0 Å². The van der Waals surface area contributed by atoms with Gasteiger partial charge in [-0.3, -0.25) is 0 Å². The van der Waals surface area contributed by atoms with Gasteiger partial charge in [0, 0.05) is 0 Å². The first kappa shape index (κ1) is 6.06. The number of halogens is 1. The quantitative estimate of drug-likeness (QED) is 0.454. The minimum atomic E-state index is -0.552. The highest BCUT2D eigenvalue weighted by Crippen LogP contribution is 2.24. The van der Waals surface area contributed by atoms with E-state index in [1.54, 1.807) is 0 Å². The van der Waals surface area contributed by atoms with Crippen LogP contribution in [0.1, 0.15) is 26.2 Å². The van der Waals surface area contributed by atoms with Crippen LogP contribution >= 0.6 is 0 Å². The van der Waals surface area contributed by atoms with Crippen molar-refractivity contribution in [3.8, 4) is 0 Å². The normalized spacial score (nSPS) is 39.8. The lowest BCUT2D eigenvalue weighted by molar-refractivity contribution is 0.205. The predicted octanol–water partition coefficient (Wildman–Crippen LogP) is 2.35. The molecule has 1 heteroatoms. The van der Waals surface area contributed by atoms with Crippen LogP contribution in [-0.4, -0.2) is 6.17 Å². The molecule has 0 N–H and O–H groups in total. The van der Waals surface area contributed by atoms with Gasteiger partial charge in [0.15, 0.2) is 0 Å². The molecule has 0 aromatic carbocycles. The highest BCUT2D eigenvalue weighted by atomic mass is 19.1. The maximum absolute atomic E-state index is 12.5.